The summed E-state index contributed by atoms with van der Waals surface area (Å²) >= 11 is 0. The monoisotopic (exact) mass is 259 g/mol. The zero-order valence-electron chi connectivity index (χ0n) is 11.6. The smallest absolute Gasteiger partial charge is 0.337 e. The van der Waals surface area contributed by atoms with Gasteiger partial charge in [-0.3, -0.25) is 0 Å². The van der Waals surface area contributed by atoms with E-state index in [4.69, 9.17) is 0 Å². The minimum atomic E-state index is -0.844. The van der Waals surface area contributed by atoms with Crippen LogP contribution in [0.2, 0.25) is 0 Å². The van der Waals surface area contributed by atoms with Gasteiger partial charge in [-0.05, 0) is 30.9 Å². The van der Waals surface area contributed by atoms with E-state index in [1.54, 1.807) is 6.07 Å². The number of fused-ring (bicyclic) bond motifs is 1. The summed E-state index contributed by atoms with van der Waals surface area (Å²) in [6.07, 6.45) is 6.45. The quantitative estimate of drug-likeness (QED) is 0.849. The van der Waals surface area contributed by atoms with Crippen LogP contribution >= 0.6 is 0 Å². The molecule has 0 bridgehead atoms. The summed E-state index contributed by atoms with van der Waals surface area (Å²) < 4.78 is 2.10. The summed E-state index contributed by atoms with van der Waals surface area (Å²) in [7, 11) is 0. The van der Waals surface area contributed by atoms with Gasteiger partial charge in [0.1, 0.15) is 0 Å². The van der Waals surface area contributed by atoms with Crippen LogP contribution in [0.4, 0.5) is 0 Å². The maximum Gasteiger partial charge on any atom is 0.337 e. The molecule has 19 heavy (non-hydrogen) atoms. The molecule has 1 heterocycles. The Bertz CT molecular complexity index is 584. The van der Waals surface area contributed by atoms with E-state index < -0.39 is 5.97 Å². The Morgan fingerprint density at radius 1 is 1.26 bits per heavy atom. The van der Waals surface area contributed by atoms with Crippen molar-refractivity contribution in [3.63, 3.8) is 0 Å². The van der Waals surface area contributed by atoms with Crippen molar-refractivity contribution in [3.05, 3.63) is 35.5 Å². The number of carbonyl (C=O) groups is 1. The Morgan fingerprint density at radius 2 is 2.05 bits per heavy atom. The fraction of sp³-hybridized carbons (Fsp3) is 0.438. The number of aromatic carboxylic acids is 1. The van der Waals surface area contributed by atoms with Crippen molar-refractivity contribution < 1.29 is 9.90 Å². The topological polar surface area (TPSA) is 42.2 Å². The Balaban J connectivity index is 2.60. The summed E-state index contributed by atoms with van der Waals surface area (Å²) in [6, 6.07) is 5.58. The molecule has 0 aliphatic rings. The number of aromatic nitrogens is 1. The number of rotatable bonds is 6. The van der Waals surface area contributed by atoms with Crippen molar-refractivity contribution in [2.75, 3.05) is 0 Å². The zero-order chi connectivity index (χ0) is 13.8. The third-order valence-corrected chi connectivity index (χ3v) is 3.48. The van der Waals surface area contributed by atoms with Crippen LogP contribution in [-0.2, 0) is 13.0 Å². The molecule has 0 aliphatic carbocycles. The summed E-state index contributed by atoms with van der Waals surface area (Å²) in [4.78, 5) is 11.4. The third kappa shape index (κ3) is 2.65. The van der Waals surface area contributed by atoms with Gasteiger partial charge in [0.15, 0.2) is 0 Å². The molecule has 0 saturated heterocycles. The van der Waals surface area contributed by atoms with Crippen molar-refractivity contribution in [2.24, 2.45) is 0 Å². The van der Waals surface area contributed by atoms with Crippen molar-refractivity contribution >= 4 is 16.9 Å². The first-order chi connectivity index (χ1) is 9.19. The van der Waals surface area contributed by atoms with Gasteiger partial charge < -0.3 is 9.67 Å². The first kappa shape index (κ1) is 13.7. The number of carboxylic acid groups (broad SMARTS) is 1. The van der Waals surface area contributed by atoms with E-state index in [0.29, 0.717) is 5.56 Å². The molecule has 1 N–H and O–H groups in total. The molecule has 0 radical (unpaired) electrons. The fourth-order valence-electron chi connectivity index (χ4n) is 2.59. The Labute approximate surface area is 113 Å². The maximum atomic E-state index is 11.4. The van der Waals surface area contributed by atoms with E-state index in [-0.39, 0.29) is 0 Å². The van der Waals surface area contributed by atoms with Gasteiger partial charge in [0.2, 0.25) is 0 Å². The van der Waals surface area contributed by atoms with Gasteiger partial charge in [0.25, 0.3) is 0 Å². The lowest BCUT2D eigenvalue weighted by molar-refractivity contribution is 0.0698. The minimum absolute atomic E-state index is 0.411. The Hall–Kier alpha value is -1.77. The molecule has 0 fully saturated rings. The predicted octanol–water partition coefficient (Wildman–Crippen LogP) is 4.09. The van der Waals surface area contributed by atoms with Crippen molar-refractivity contribution in [1.29, 1.82) is 0 Å². The number of unbranched alkanes of at least 4 members (excludes halogenated alkanes) is 1. The van der Waals surface area contributed by atoms with E-state index in [1.165, 1.54) is 5.56 Å². The Morgan fingerprint density at radius 3 is 2.68 bits per heavy atom. The molecule has 2 rings (SSSR count). The second kappa shape index (κ2) is 5.91. The van der Waals surface area contributed by atoms with Crippen LogP contribution in [0.5, 0.6) is 0 Å². The average Bonchev–Trinajstić information content (AvgIpc) is 2.75. The predicted molar refractivity (Wildman–Crippen MR) is 77.8 cm³/mol. The first-order valence-electron chi connectivity index (χ1n) is 7.03. The standard InChI is InChI=1S/C16H21NO2/c1-3-5-7-12-11-17(10-4-2)15-13(12)8-6-9-14(15)16(18)19/h6,8-9,11H,3-5,7,10H2,1-2H3,(H,18,19). The number of carboxylic acids is 1. The number of benzene rings is 1. The molecule has 0 atom stereocenters. The van der Waals surface area contributed by atoms with Crippen LogP contribution in [0.1, 0.15) is 49.0 Å². The number of nitrogens with zero attached hydrogens (tertiary/aromatic N) is 1. The van der Waals surface area contributed by atoms with E-state index >= 15 is 0 Å². The highest BCUT2D eigenvalue weighted by molar-refractivity contribution is 6.03. The van der Waals surface area contributed by atoms with Gasteiger partial charge in [-0.1, -0.05) is 32.4 Å². The normalized spacial score (nSPS) is 11.1. The lowest BCUT2D eigenvalue weighted by Crippen LogP contribution is -2.02. The molecule has 2 aromatic rings. The summed E-state index contributed by atoms with van der Waals surface area (Å²) in [5.41, 5.74) is 2.56. The highest BCUT2D eigenvalue weighted by Crippen LogP contribution is 2.26. The van der Waals surface area contributed by atoms with E-state index in [1.807, 2.05) is 12.1 Å². The first-order valence-corrected chi connectivity index (χ1v) is 7.03. The second-order valence-corrected chi connectivity index (χ2v) is 4.96. The van der Waals surface area contributed by atoms with Crippen LogP contribution < -0.4 is 0 Å². The molecule has 0 saturated carbocycles. The van der Waals surface area contributed by atoms with Crippen LogP contribution in [0.25, 0.3) is 10.9 Å². The fourth-order valence-corrected chi connectivity index (χ4v) is 2.59. The summed E-state index contributed by atoms with van der Waals surface area (Å²) in [6.45, 7) is 5.15. The highest BCUT2D eigenvalue weighted by atomic mass is 16.4. The third-order valence-electron chi connectivity index (χ3n) is 3.48. The minimum Gasteiger partial charge on any atom is -0.478 e. The van der Waals surface area contributed by atoms with Crippen LogP contribution in [0.3, 0.4) is 0 Å². The van der Waals surface area contributed by atoms with Crippen molar-refractivity contribution in [1.82, 2.24) is 4.57 Å². The second-order valence-electron chi connectivity index (χ2n) is 4.96. The lowest BCUT2D eigenvalue weighted by atomic mass is 10.1. The molecule has 3 heteroatoms. The molecule has 0 aliphatic heterocycles. The molecule has 1 aromatic heterocycles. The molecule has 1 aromatic carbocycles. The SMILES string of the molecule is CCCCc1cn(CCC)c2c(C(=O)O)cccc12. The number of hydrogen-bond acceptors (Lipinski definition) is 1. The van der Waals surface area contributed by atoms with Gasteiger partial charge >= 0.3 is 5.97 Å². The molecular weight excluding hydrogens is 238 g/mol. The largest absolute Gasteiger partial charge is 0.478 e. The zero-order valence-corrected chi connectivity index (χ0v) is 11.6. The van der Waals surface area contributed by atoms with Gasteiger partial charge in [0, 0.05) is 18.1 Å². The van der Waals surface area contributed by atoms with Crippen molar-refractivity contribution in [2.45, 2.75) is 46.1 Å². The highest BCUT2D eigenvalue weighted by Gasteiger charge is 2.15. The summed E-state index contributed by atoms with van der Waals surface area (Å²) in [5.74, 6) is -0.844. The average molecular weight is 259 g/mol. The lowest BCUT2D eigenvalue weighted by Gasteiger charge is -2.05. The number of hydrogen-bond donors (Lipinski definition) is 1. The van der Waals surface area contributed by atoms with Crippen molar-refractivity contribution in [3.8, 4) is 0 Å². The van der Waals surface area contributed by atoms with Crippen LogP contribution in [0, 0.1) is 0 Å². The number of aryl methyl sites for hydroxylation is 2. The van der Waals surface area contributed by atoms with Gasteiger partial charge in [-0.15, -0.1) is 0 Å². The molecule has 0 unspecified atom stereocenters. The van der Waals surface area contributed by atoms with E-state index in [2.05, 4.69) is 24.6 Å². The maximum absolute atomic E-state index is 11.4. The van der Waals surface area contributed by atoms with E-state index in [9.17, 15) is 9.90 Å². The van der Waals surface area contributed by atoms with E-state index in [0.717, 1.165) is 43.1 Å². The molecular formula is C16H21NO2. The molecule has 3 nitrogen and oxygen atoms in total. The van der Waals surface area contributed by atoms with Gasteiger partial charge in [0.05, 0.1) is 11.1 Å². The molecule has 102 valence electrons. The summed E-state index contributed by atoms with van der Waals surface area (Å²) in [5, 5.41) is 10.4. The molecule has 0 spiro atoms. The number of para-hydroxylation sites is 1. The Kier molecular flexibility index (Phi) is 4.25. The van der Waals surface area contributed by atoms with Crippen LogP contribution in [-0.4, -0.2) is 15.6 Å². The van der Waals surface area contributed by atoms with Gasteiger partial charge in [-0.25, -0.2) is 4.79 Å². The molecule has 0 amide bonds. The van der Waals surface area contributed by atoms with Crippen LogP contribution in [0.15, 0.2) is 24.4 Å². The van der Waals surface area contributed by atoms with Gasteiger partial charge in [-0.2, -0.15) is 0 Å².